The van der Waals surface area contributed by atoms with Crippen molar-refractivity contribution in [1.82, 2.24) is 0 Å². The van der Waals surface area contributed by atoms with Crippen LogP contribution in [0, 0.1) is 5.82 Å². The highest BCUT2D eigenvalue weighted by Crippen LogP contribution is 2.24. The van der Waals surface area contributed by atoms with E-state index in [1.54, 1.807) is 6.07 Å². The maximum atomic E-state index is 13.1. The van der Waals surface area contributed by atoms with Crippen LogP contribution in [0.15, 0.2) is 18.2 Å². The molecule has 0 unspecified atom stereocenters. The summed E-state index contributed by atoms with van der Waals surface area (Å²) < 4.78 is 13.1. The molecular formula is C14H18FNO2. The highest BCUT2D eigenvalue weighted by Gasteiger charge is 2.17. The van der Waals surface area contributed by atoms with E-state index in [4.69, 9.17) is 5.11 Å². The SMILES string of the molecule is O=C(O)c1cc(F)ccc1N1CCCCCCC1. The van der Waals surface area contributed by atoms with E-state index in [1.807, 2.05) is 0 Å². The molecule has 1 aliphatic rings. The lowest BCUT2D eigenvalue weighted by molar-refractivity contribution is 0.0697. The molecule has 0 bridgehead atoms. The van der Waals surface area contributed by atoms with Gasteiger partial charge in [0.1, 0.15) is 5.82 Å². The number of anilines is 1. The third-order valence-corrected chi connectivity index (χ3v) is 3.39. The summed E-state index contributed by atoms with van der Waals surface area (Å²) in [5, 5.41) is 9.15. The summed E-state index contributed by atoms with van der Waals surface area (Å²) in [4.78, 5) is 13.2. The smallest absolute Gasteiger partial charge is 0.337 e. The predicted octanol–water partition coefficient (Wildman–Crippen LogP) is 3.29. The van der Waals surface area contributed by atoms with Gasteiger partial charge in [0.05, 0.1) is 11.3 Å². The van der Waals surface area contributed by atoms with Crippen LogP contribution < -0.4 is 4.90 Å². The summed E-state index contributed by atoms with van der Waals surface area (Å²) in [6, 6.07) is 4.03. The standard InChI is InChI=1S/C14H18FNO2/c15-11-6-7-13(12(10-11)14(17)18)16-8-4-2-1-3-5-9-16/h6-7,10H,1-5,8-9H2,(H,17,18). The number of halogens is 1. The molecule has 1 N–H and O–H groups in total. The van der Waals surface area contributed by atoms with Crippen molar-refractivity contribution in [2.24, 2.45) is 0 Å². The number of rotatable bonds is 2. The van der Waals surface area contributed by atoms with Crippen molar-refractivity contribution < 1.29 is 14.3 Å². The van der Waals surface area contributed by atoms with Gasteiger partial charge in [-0.05, 0) is 31.0 Å². The van der Waals surface area contributed by atoms with Gasteiger partial charge in [-0.1, -0.05) is 19.3 Å². The number of carboxylic acid groups (broad SMARTS) is 1. The maximum Gasteiger partial charge on any atom is 0.337 e. The van der Waals surface area contributed by atoms with Gasteiger partial charge in [0.2, 0.25) is 0 Å². The Kier molecular flexibility index (Phi) is 4.18. The van der Waals surface area contributed by atoms with Gasteiger partial charge in [0.25, 0.3) is 0 Å². The molecule has 2 rings (SSSR count). The quantitative estimate of drug-likeness (QED) is 0.876. The number of hydrogen-bond acceptors (Lipinski definition) is 2. The third-order valence-electron chi connectivity index (χ3n) is 3.39. The predicted molar refractivity (Wildman–Crippen MR) is 68.7 cm³/mol. The number of carboxylic acids is 1. The first-order chi connectivity index (χ1) is 8.68. The van der Waals surface area contributed by atoms with Crippen molar-refractivity contribution in [2.45, 2.75) is 32.1 Å². The van der Waals surface area contributed by atoms with Crippen LogP contribution in [-0.2, 0) is 0 Å². The van der Waals surface area contributed by atoms with Crippen molar-refractivity contribution in [2.75, 3.05) is 18.0 Å². The maximum absolute atomic E-state index is 13.1. The fraction of sp³-hybridized carbons (Fsp3) is 0.500. The number of nitrogens with zero attached hydrogens (tertiary/aromatic N) is 1. The Morgan fingerprint density at radius 3 is 2.33 bits per heavy atom. The molecule has 1 aromatic carbocycles. The molecule has 0 radical (unpaired) electrons. The molecule has 0 amide bonds. The number of benzene rings is 1. The second-order valence-corrected chi connectivity index (χ2v) is 4.72. The molecular weight excluding hydrogens is 233 g/mol. The molecule has 4 heteroatoms. The number of hydrogen-bond donors (Lipinski definition) is 1. The normalized spacial score (nSPS) is 17.1. The second kappa shape index (κ2) is 5.85. The van der Waals surface area contributed by atoms with Gasteiger partial charge in [-0.3, -0.25) is 0 Å². The van der Waals surface area contributed by atoms with Gasteiger partial charge in [0.15, 0.2) is 0 Å². The Bertz CT molecular complexity index is 426. The molecule has 98 valence electrons. The molecule has 0 spiro atoms. The van der Waals surface area contributed by atoms with E-state index in [2.05, 4.69) is 4.90 Å². The minimum absolute atomic E-state index is 0.0653. The van der Waals surface area contributed by atoms with Gasteiger partial charge < -0.3 is 10.0 Å². The number of carbonyl (C=O) groups is 1. The van der Waals surface area contributed by atoms with Gasteiger partial charge >= 0.3 is 5.97 Å². The Morgan fingerprint density at radius 2 is 1.72 bits per heavy atom. The largest absolute Gasteiger partial charge is 0.478 e. The fourth-order valence-corrected chi connectivity index (χ4v) is 2.44. The zero-order valence-corrected chi connectivity index (χ0v) is 10.4. The Hall–Kier alpha value is -1.58. The van der Waals surface area contributed by atoms with Crippen LogP contribution >= 0.6 is 0 Å². The Balaban J connectivity index is 2.27. The van der Waals surface area contributed by atoms with Crippen LogP contribution in [0.3, 0.4) is 0 Å². The van der Waals surface area contributed by atoms with E-state index in [-0.39, 0.29) is 5.56 Å². The molecule has 1 saturated heterocycles. The van der Waals surface area contributed by atoms with Crippen LogP contribution in [0.5, 0.6) is 0 Å². The van der Waals surface area contributed by atoms with Crippen molar-refractivity contribution in [1.29, 1.82) is 0 Å². The highest BCUT2D eigenvalue weighted by molar-refractivity contribution is 5.94. The average Bonchev–Trinajstić information content (AvgIpc) is 2.29. The Morgan fingerprint density at radius 1 is 1.11 bits per heavy atom. The number of aromatic carboxylic acids is 1. The van der Waals surface area contributed by atoms with Gasteiger partial charge in [-0.15, -0.1) is 0 Å². The van der Waals surface area contributed by atoms with Crippen molar-refractivity contribution in [3.8, 4) is 0 Å². The van der Waals surface area contributed by atoms with Gasteiger partial charge in [0, 0.05) is 13.1 Å². The molecule has 0 aliphatic carbocycles. The van der Waals surface area contributed by atoms with Crippen LogP contribution in [0.1, 0.15) is 42.5 Å². The van der Waals surface area contributed by atoms with Gasteiger partial charge in [-0.2, -0.15) is 0 Å². The average molecular weight is 251 g/mol. The van der Waals surface area contributed by atoms with Crippen LogP contribution in [0.25, 0.3) is 0 Å². The summed E-state index contributed by atoms with van der Waals surface area (Å²) >= 11 is 0. The highest BCUT2D eigenvalue weighted by atomic mass is 19.1. The van der Waals surface area contributed by atoms with E-state index in [1.165, 1.54) is 25.3 Å². The molecule has 0 atom stereocenters. The first kappa shape index (κ1) is 12.9. The third kappa shape index (κ3) is 3.00. The lowest BCUT2D eigenvalue weighted by atomic mass is 10.1. The second-order valence-electron chi connectivity index (χ2n) is 4.72. The monoisotopic (exact) mass is 251 g/mol. The van der Waals surface area contributed by atoms with Gasteiger partial charge in [-0.25, -0.2) is 9.18 Å². The topological polar surface area (TPSA) is 40.5 Å². The summed E-state index contributed by atoms with van der Waals surface area (Å²) in [6.45, 7) is 1.71. The van der Waals surface area contributed by atoms with Crippen molar-refractivity contribution >= 4 is 11.7 Å². The van der Waals surface area contributed by atoms with E-state index in [9.17, 15) is 9.18 Å². The molecule has 1 fully saturated rings. The molecule has 0 aromatic heterocycles. The summed E-state index contributed by atoms with van der Waals surface area (Å²) in [5.41, 5.74) is 0.710. The molecule has 1 aliphatic heterocycles. The van der Waals surface area contributed by atoms with E-state index in [0.29, 0.717) is 5.69 Å². The van der Waals surface area contributed by atoms with E-state index < -0.39 is 11.8 Å². The molecule has 18 heavy (non-hydrogen) atoms. The van der Waals surface area contributed by atoms with Crippen molar-refractivity contribution in [3.63, 3.8) is 0 Å². The molecule has 3 nitrogen and oxygen atoms in total. The zero-order valence-electron chi connectivity index (χ0n) is 10.4. The summed E-state index contributed by atoms with van der Waals surface area (Å²) in [6.07, 6.45) is 5.75. The van der Waals surface area contributed by atoms with Crippen LogP contribution in [0.2, 0.25) is 0 Å². The van der Waals surface area contributed by atoms with E-state index >= 15 is 0 Å². The Labute approximate surface area is 106 Å². The van der Waals surface area contributed by atoms with Crippen LogP contribution in [-0.4, -0.2) is 24.2 Å². The fourth-order valence-electron chi connectivity index (χ4n) is 2.44. The van der Waals surface area contributed by atoms with Crippen LogP contribution in [0.4, 0.5) is 10.1 Å². The molecule has 0 saturated carbocycles. The summed E-state index contributed by atoms with van der Waals surface area (Å²) in [5.74, 6) is -1.56. The van der Waals surface area contributed by atoms with Crippen molar-refractivity contribution in [3.05, 3.63) is 29.6 Å². The van der Waals surface area contributed by atoms with E-state index in [0.717, 1.165) is 32.0 Å². The molecule has 1 heterocycles. The lowest BCUT2D eigenvalue weighted by Crippen LogP contribution is -2.28. The lowest BCUT2D eigenvalue weighted by Gasteiger charge is -2.28. The summed E-state index contributed by atoms with van der Waals surface area (Å²) in [7, 11) is 0. The molecule has 1 aromatic rings. The first-order valence-electron chi connectivity index (χ1n) is 6.46. The minimum Gasteiger partial charge on any atom is -0.478 e. The zero-order chi connectivity index (χ0) is 13.0. The first-order valence-corrected chi connectivity index (χ1v) is 6.46. The minimum atomic E-state index is -1.06.